The van der Waals surface area contributed by atoms with Gasteiger partial charge in [-0.15, -0.1) is 0 Å². The fourth-order valence-corrected chi connectivity index (χ4v) is 2.12. The third-order valence-electron chi connectivity index (χ3n) is 3.25. The van der Waals surface area contributed by atoms with Crippen molar-refractivity contribution in [2.24, 2.45) is 0 Å². The average Bonchev–Trinajstić information content (AvgIpc) is 2.39. The van der Waals surface area contributed by atoms with Gasteiger partial charge in [-0.2, -0.15) is 0 Å². The van der Waals surface area contributed by atoms with Crippen LogP contribution in [0.4, 0.5) is 11.4 Å². The van der Waals surface area contributed by atoms with Crippen molar-refractivity contribution in [1.82, 2.24) is 4.90 Å². The molecule has 0 atom stereocenters. The summed E-state index contributed by atoms with van der Waals surface area (Å²) in [7, 11) is 1.92. The average molecular weight is 233 g/mol. The van der Waals surface area contributed by atoms with Crippen molar-refractivity contribution in [3.05, 3.63) is 24.3 Å². The second kappa shape index (κ2) is 5.08. The van der Waals surface area contributed by atoms with Crippen molar-refractivity contribution in [2.75, 3.05) is 43.4 Å². The van der Waals surface area contributed by atoms with Gasteiger partial charge < -0.3 is 15.1 Å². The van der Waals surface area contributed by atoms with Crippen molar-refractivity contribution >= 4 is 17.3 Å². The van der Waals surface area contributed by atoms with Crippen molar-refractivity contribution in [2.45, 2.75) is 6.92 Å². The van der Waals surface area contributed by atoms with E-state index >= 15 is 0 Å². The molecule has 1 amide bonds. The molecule has 0 bridgehead atoms. The van der Waals surface area contributed by atoms with Gasteiger partial charge in [0.1, 0.15) is 0 Å². The quantitative estimate of drug-likeness (QED) is 0.838. The lowest BCUT2D eigenvalue weighted by molar-refractivity contribution is -0.129. The number of anilines is 2. The van der Waals surface area contributed by atoms with E-state index in [1.54, 1.807) is 6.92 Å². The van der Waals surface area contributed by atoms with E-state index in [-0.39, 0.29) is 5.91 Å². The molecule has 1 aromatic rings. The zero-order valence-electron chi connectivity index (χ0n) is 10.4. The summed E-state index contributed by atoms with van der Waals surface area (Å²) in [6.07, 6.45) is 0. The number of rotatable bonds is 2. The Bertz CT molecular complexity index is 380. The minimum absolute atomic E-state index is 0.176. The summed E-state index contributed by atoms with van der Waals surface area (Å²) in [6.45, 7) is 5.11. The molecular formula is C13H19N3O. The standard InChI is InChI=1S/C13H19N3O/c1-11(17)15-7-9-16(10-8-15)13-5-3-12(14-2)4-6-13/h3-6,14H,7-10H2,1-2H3. The van der Waals surface area contributed by atoms with E-state index in [4.69, 9.17) is 0 Å². The van der Waals surface area contributed by atoms with Gasteiger partial charge in [0.25, 0.3) is 0 Å². The molecule has 1 aliphatic heterocycles. The van der Waals surface area contributed by atoms with E-state index in [0.29, 0.717) is 0 Å². The topological polar surface area (TPSA) is 35.6 Å². The first-order chi connectivity index (χ1) is 8.20. The van der Waals surface area contributed by atoms with E-state index in [0.717, 1.165) is 31.9 Å². The summed E-state index contributed by atoms with van der Waals surface area (Å²) in [5.41, 5.74) is 2.35. The third-order valence-corrected chi connectivity index (χ3v) is 3.25. The van der Waals surface area contributed by atoms with Crippen LogP contribution >= 0.6 is 0 Å². The van der Waals surface area contributed by atoms with Gasteiger partial charge >= 0.3 is 0 Å². The van der Waals surface area contributed by atoms with Gasteiger partial charge in [0.15, 0.2) is 0 Å². The number of carbonyl (C=O) groups excluding carboxylic acids is 1. The maximum atomic E-state index is 11.2. The molecule has 0 unspecified atom stereocenters. The Labute approximate surface area is 102 Å². The molecule has 4 heteroatoms. The fourth-order valence-electron chi connectivity index (χ4n) is 2.12. The second-order valence-electron chi connectivity index (χ2n) is 4.29. The molecule has 2 rings (SSSR count). The van der Waals surface area contributed by atoms with Crippen molar-refractivity contribution in [1.29, 1.82) is 0 Å². The molecule has 1 saturated heterocycles. The third kappa shape index (κ3) is 2.70. The molecule has 0 aromatic heterocycles. The summed E-state index contributed by atoms with van der Waals surface area (Å²) in [4.78, 5) is 15.4. The van der Waals surface area contributed by atoms with E-state index in [9.17, 15) is 4.79 Å². The van der Waals surface area contributed by atoms with Gasteiger partial charge in [-0.3, -0.25) is 4.79 Å². The predicted molar refractivity (Wildman–Crippen MR) is 70.5 cm³/mol. The number of carbonyl (C=O) groups is 1. The molecule has 0 radical (unpaired) electrons. The molecule has 0 spiro atoms. The summed E-state index contributed by atoms with van der Waals surface area (Å²) in [5, 5.41) is 3.11. The number of hydrogen-bond donors (Lipinski definition) is 1. The molecule has 1 heterocycles. The Hall–Kier alpha value is -1.71. The first-order valence-electron chi connectivity index (χ1n) is 5.99. The number of amides is 1. The lowest BCUT2D eigenvalue weighted by atomic mass is 10.2. The van der Waals surface area contributed by atoms with Gasteiger partial charge in [0.05, 0.1) is 0 Å². The van der Waals surface area contributed by atoms with E-state index in [2.05, 4.69) is 34.5 Å². The molecule has 0 saturated carbocycles. The highest BCUT2D eigenvalue weighted by atomic mass is 16.2. The van der Waals surface area contributed by atoms with Crippen LogP contribution in [0.1, 0.15) is 6.92 Å². The Balaban J connectivity index is 1.97. The normalized spacial score (nSPS) is 15.9. The monoisotopic (exact) mass is 233 g/mol. The summed E-state index contributed by atoms with van der Waals surface area (Å²) < 4.78 is 0. The molecule has 17 heavy (non-hydrogen) atoms. The summed E-state index contributed by atoms with van der Waals surface area (Å²) >= 11 is 0. The van der Waals surface area contributed by atoms with Crippen molar-refractivity contribution in [3.8, 4) is 0 Å². The molecule has 1 aromatic carbocycles. The Morgan fingerprint density at radius 1 is 1.12 bits per heavy atom. The highest BCUT2D eigenvalue weighted by molar-refractivity contribution is 5.73. The first kappa shape index (κ1) is 11.8. The van der Waals surface area contributed by atoms with Crippen LogP contribution in [0.2, 0.25) is 0 Å². The first-order valence-corrected chi connectivity index (χ1v) is 5.99. The summed E-state index contributed by atoms with van der Waals surface area (Å²) in [5.74, 6) is 0.176. The van der Waals surface area contributed by atoms with E-state index in [1.807, 2.05) is 11.9 Å². The zero-order chi connectivity index (χ0) is 12.3. The maximum Gasteiger partial charge on any atom is 0.219 e. The van der Waals surface area contributed by atoms with Crippen LogP contribution in [-0.4, -0.2) is 44.0 Å². The number of hydrogen-bond acceptors (Lipinski definition) is 3. The minimum atomic E-state index is 0.176. The number of nitrogens with zero attached hydrogens (tertiary/aromatic N) is 2. The van der Waals surface area contributed by atoms with Gasteiger partial charge in [-0.05, 0) is 24.3 Å². The largest absolute Gasteiger partial charge is 0.388 e. The van der Waals surface area contributed by atoms with Gasteiger partial charge in [0, 0.05) is 51.5 Å². The number of piperazine rings is 1. The molecular weight excluding hydrogens is 214 g/mol. The van der Waals surface area contributed by atoms with Gasteiger partial charge in [-0.25, -0.2) is 0 Å². The second-order valence-corrected chi connectivity index (χ2v) is 4.29. The van der Waals surface area contributed by atoms with E-state index < -0.39 is 0 Å². The molecule has 1 aliphatic rings. The predicted octanol–water partition coefficient (Wildman–Crippen LogP) is 1.40. The van der Waals surface area contributed by atoms with Crippen LogP contribution in [0.15, 0.2) is 24.3 Å². The highest BCUT2D eigenvalue weighted by Gasteiger charge is 2.18. The van der Waals surface area contributed by atoms with Crippen LogP contribution in [0, 0.1) is 0 Å². The molecule has 4 nitrogen and oxygen atoms in total. The van der Waals surface area contributed by atoms with Crippen LogP contribution in [-0.2, 0) is 4.79 Å². The van der Waals surface area contributed by atoms with Crippen molar-refractivity contribution < 1.29 is 4.79 Å². The van der Waals surface area contributed by atoms with Crippen LogP contribution in [0.5, 0.6) is 0 Å². The fraction of sp³-hybridized carbons (Fsp3) is 0.462. The number of nitrogens with one attached hydrogen (secondary N) is 1. The van der Waals surface area contributed by atoms with Crippen LogP contribution in [0.3, 0.4) is 0 Å². The maximum absolute atomic E-state index is 11.2. The lowest BCUT2D eigenvalue weighted by Crippen LogP contribution is -2.48. The minimum Gasteiger partial charge on any atom is -0.388 e. The Morgan fingerprint density at radius 3 is 2.18 bits per heavy atom. The smallest absolute Gasteiger partial charge is 0.219 e. The summed E-state index contributed by atoms with van der Waals surface area (Å²) in [6, 6.07) is 8.39. The Kier molecular flexibility index (Phi) is 3.52. The van der Waals surface area contributed by atoms with E-state index in [1.165, 1.54) is 5.69 Å². The Morgan fingerprint density at radius 2 is 1.71 bits per heavy atom. The van der Waals surface area contributed by atoms with Gasteiger partial charge in [0.2, 0.25) is 5.91 Å². The number of benzene rings is 1. The zero-order valence-corrected chi connectivity index (χ0v) is 10.4. The SMILES string of the molecule is CNc1ccc(N2CCN(C(C)=O)CC2)cc1. The molecule has 92 valence electrons. The van der Waals surface area contributed by atoms with Crippen molar-refractivity contribution in [3.63, 3.8) is 0 Å². The van der Waals surface area contributed by atoms with Gasteiger partial charge in [-0.1, -0.05) is 0 Å². The van der Waals surface area contributed by atoms with Crippen LogP contribution in [0.25, 0.3) is 0 Å². The molecule has 0 aliphatic carbocycles. The van der Waals surface area contributed by atoms with Crippen LogP contribution < -0.4 is 10.2 Å². The molecule has 1 N–H and O–H groups in total. The lowest BCUT2D eigenvalue weighted by Gasteiger charge is -2.35. The molecule has 1 fully saturated rings. The highest BCUT2D eigenvalue weighted by Crippen LogP contribution is 2.19.